The first-order chi connectivity index (χ1) is 11.7. The maximum atomic E-state index is 11.9. The van der Waals surface area contributed by atoms with Gasteiger partial charge in [0.15, 0.2) is 5.96 Å². The number of hydrogen-bond donors (Lipinski definition) is 3. The first kappa shape index (κ1) is 21.7. The highest BCUT2D eigenvalue weighted by Crippen LogP contribution is 2.10. The summed E-state index contributed by atoms with van der Waals surface area (Å²) in [5.74, 6) is 0.622. The van der Waals surface area contributed by atoms with E-state index in [1.807, 2.05) is 27.7 Å². The normalized spacial score (nSPS) is 22.6. The molecule has 2 atom stereocenters. The monoisotopic (exact) mass is 355 g/mol. The molecule has 25 heavy (non-hydrogen) atoms. The summed E-state index contributed by atoms with van der Waals surface area (Å²) in [4.78, 5) is 18.7. The first-order valence-corrected chi connectivity index (χ1v) is 9.40. The van der Waals surface area contributed by atoms with Crippen LogP contribution in [0.1, 0.15) is 48.0 Å². The summed E-state index contributed by atoms with van der Waals surface area (Å²) < 4.78 is 5.76. The van der Waals surface area contributed by atoms with Gasteiger partial charge < -0.3 is 20.7 Å². The van der Waals surface area contributed by atoms with Crippen LogP contribution in [0.25, 0.3) is 0 Å². The lowest BCUT2D eigenvalue weighted by molar-refractivity contribution is -0.121. The molecule has 0 aromatic heterocycles. The SMILES string of the molecule is CCNC(=NCC(=O)NC(C)(C)C)NCCCN1CC(C)OC(C)C1. The molecule has 0 spiro atoms. The molecule has 3 N–H and O–H groups in total. The van der Waals surface area contributed by atoms with E-state index in [0.29, 0.717) is 18.2 Å². The Morgan fingerprint density at radius 2 is 1.84 bits per heavy atom. The Kier molecular flexibility index (Phi) is 9.21. The third kappa shape index (κ3) is 10.3. The highest BCUT2D eigenvalue weighted by atomic mass is 16.5. The summed E-state index contributed by atoms with van der Waals surface area (Å²) >= 11 is 0. The zero-order chi connectivity index (χ0) is 18.9. The van der Waals surface area contributed by atoms with Crippen molar-refractivity contribution in [1.29, 1.82) is 0 Å². The molecule has 1 amide bonds. The van der Waals surface area contributed by atoms with Gasteiger partial charge in [-0.15, -0.1) is 0 Å². The smallest absolute Gasteiger partial charge is 0.242 e. The molecular weight excluding hydrogens is 318 g/mol. The van der Waals surface area contributed by atoms with Gasteiger partial charge in [-0.25, -0.2) is 4.99 Å². The van der Waals surface area contributed by atoms with Crippen LogP contribution >= 0.6 is 0 Å². The van der Waals surface area contributed by atoms with E-state index in [1.165, 1.54) is 0 Å². The maximum absolute atomic E-state index is 11.9. The van der Waals surface area contributed by atoms with Crippen LogP contribution < -0.4 is 16.0 Å². The van der Waals surface area contributed by atoms with Crippen LogP contribution in [-0.4, -0.2) is 73.8 Å². The molecule has 0 aromatic rings. The van der Waals surface area contributed by atoms with Crippen LogP contribution in [0.15, 0.2) is 4.99 Å². The van der Waals surface area contributed by atoms with Crippen molar-refractivity contribution in [3.05, 3.63) is 0 Å². The standard InChI is InChI=1S/C18H37N5O2/c1-7-19-17(21-11-16(24)22-18(4,5)6)20-9-8-10-23-12-14(2)25-15(3)13-23/h14-15H,7-13H2,1-6H3,(H,22,24)(H2,19,20,21). The van der Waals surface area contributed by atoms with Crippen LogP contribution in [-0.2, 0) is 9.53 Å². The number of carbonyl (C=O) groups excluding carboxylic acids is 1. The van der Waals surface area contributed by atoms with E-state index in [2.05, 4.69) is 39.7 Å². The van der Waals surface area contributed by atoms with Crippen molar-refractivity contribution in [3.8, 4) is 0 Å². The van der Waals surface area contributed by atoms with Crippen molar-refractivity contribution in [2.45, 2.75) is 65.7 Å². The quantitative estimate of drug-likeness (QED) is 0.360. The highest BCUT2D eigenvalue weighted by molar-refractivity contribution is 5.85. The fourth-order valence-corrected chi connectivity index (χ4v) is 2.93. The number of morpholine rings is 1. The number of rotatable bonds is 7. The molecule has 7 heteroatoms. The molecule has 0 saturated carbocycles. The minimum atomic E-state index is -0.231. The molecule has 1 saturated heterocycles. The Bertz CT molecular complexity index is 424. The van der Waals surface area contributed by atoms with Gasteiger partial charge in [-0.1, -0.05) is 0 Å². The number of hydrogen-bond acceptors (Lipinski definition) is 4. The van der Waals surface area contributed by atoms with Crippen molar-refractivity contribution in [2.75, 3.05) is 39.3 Å². The van der Waals surface area contributed by atoms with Gasteiger partial charge in [-0.05, 0) is 48.0 Å². The molecule has 0 aromatic carbocycles. The number of carbonyl (C=O) groups is 1. The molecule has 1 aliphatic rings. The fourth-order valence-electron chi connectivity index (χ4n) is 2.93. The van der Waals surface area contributed by atoms with E-state index in [-0.39, 0.29) is 18.0 Å². The number of guanidine groups is 1. The molecule has 1 heterocycles. The van der Waals surface area contributed by atoms with E-state index in [1.54, 1.807) is 0 Å². The second-order valence-corrected chi connectivity index (χ2v) is 7.79. The van der Waals surface area contributed by atoms with Gasteiger partial charge in [0.1, 0.15) is 6.54 Å². The lowest BCUT2D eigenvalue weighted by Crippen LogP contribution is -2.46. The van der Waals surface area contributed by atoms with Gasteiger partial charge in [0.2, 0.25) is 5.91 Å². The van der Waals surface area contributed by atoms with Crippen molar-refractivity contribution < 1.29 is 9.53 Å². The summed E-state index contributed by atoms with van der Waals surface area (Å²) in [5, 5.41) is 9.40. The largest absolute Gasteiger partial charge is 0.373 e. The zero-order valence-corrected chi connectivity index (χ0v) is 16.8. The molecule has 0 bridgehead atoms. The fraction of sp³-hybridized carbons (Fsp3) is 0.889. The molecular formula is C18H37N5O2. The van der Waals surface area contributed by atoms with Gasteiger partial charge in [-0.3, -0.25) is 9.69 Å². The Labute approximate surface area is 153 Å². The average Bonchev–Trinajstić information content (AvgIpc) is 2.46. The van der Waals surface area contributed by atoms with Gasteiger partial charge in [0, 0.05) is 38.3 Å². The van der Waals surface area contributed by atoms with Gasteiger partial charge in [0.05, 0.1) is 12.2 Å². The Balaban J connectivity index is 2.32. The second-order valence-electron chi connectivity index (χ2n) is 7.79. The zero-order valence-electron chi connectivity index (χ0n) is 16.8. The summed E-state index contributed by atoms with van der Waals surface area (Å²) in [6.07, 6.45) is 1.63. The number of nitrogens with zero attached hydrogens (tertiary/aromatic N) is 2. The Morgan fingerprint density at radius 3 is 2.40 bits per heavy atom. The Morgan fingerprint density at radius 1 is 1.20 bits per heavy atom. The van der Waals surface area contributed by atoms with Crippen LogP contribution in [0.2, 0.25) is 0 Å². The molecule has 1 aliphatic heterocycles. The number of ether oxygens (including phenoxy) is 1. The lowest BCUT2D eigenvalue weighted by atomic mass is 10.1. The van der Waals surface area contributed by atoms with Gasteiger partial charge in [0.25, 0.3) is 0 Å². The predicted molar refractivity (Wildman–Crippen MR) is 103 cm³/mol. The Hall–Kier alpha value is -1.34. The van der Waals surface area contributed by atoms with Crippen LogP contribution in [0.3, 0.4) is 0 Å². The number of aliphatic imine (C=N–C) groups is 1. The van der Waals surface area contributed by atoms with Crippen LogP contribution in [0.4, 0.5) is 0 Å². The van der Waals surface area contributed by atoms with E-state index >= 15 is 0 Å². The highest BCUT2D eigenvalue weighted by Gasteiger charge is 2.21. The van der Waals surface area contributed by atoms with E-state index in [9.17, 15) is 4.79 Å². The van der Waals surface area contributed by atoms with Crippen molar-refractivity contribution in [1.82, 2.24) is 20.9 Å². The summed E-state index contributed by atoms with van der Waals surface area (Å²) in [6, 6.07) is 0. The number of amides is 1. The summed E-state index contributed by atoms with van der Waals surface area (Å²) in [5.41, 5.74) is -0.231. The molecule has 1 fully saturated rings. The molecule has 0 radical (unpaired) electrons. The topological polar surface area (TPSA) is 78.0 Å². The van der Waals surface area contributed by atoms with E-state index in [0.717, 1.165) is 39.1 Å². The van der Waals surface area contributed by atoms with Crippen molar-refractivity contribution in [3.63, 3.8) is 0 Å². The van der Waals surface area contributed by atoms with Gasteiger partial charge in [-0.2, -0.15) is 0 Å². The minimum Gasteiger partial charge on any atom is -0.373 e. The minimum absolute atomic E-state index is 0.0685. The van der Waals surface area contributed by atoms with Crippen LogP contribution in [0.5, 0.6) is 0 Å². The third-order valence-corrected chi connectivity index (χ3v) is 3.68. The third-order valence-electron chi connectivity index (χ3n) is 3.68. The van der Waals surface area contributed by atoms with E-state index in [4.69, 9.17) is 4.74 Å². The first-order valence-electron chi connectivity index (χ1n) is 9.40. The molecule has 2 unspecified atom stereocenters. The number of nitrogens with one attached hydrogen (secondary N) is 3. The van der Waals surface area contributed by atoms with Gasteiger partial charge >= 0.3 is 0 Å². The predicted octanol–water partition coefficient (Wildman–Crippen LogP) is 0.956. The second kappa shape index (κ2) is 10.6. The molecule has 1 rings (SSSR count). The molecule has 146 valence electrons. The van der Waals surface area contributed by atoms with E-state index < -0.39 is 0 Å². The maximum Gasteiger partial charge on any atom is 0.242 e. The van der Waals surface area contributed by atoms with Crippen LogP contribution in [0, 0.1) is 0 Å². The van der Waals surface area contributed by atoms with Crippen molar-refractivity contribution >= 4 is 11.9 Å². The lowest BCUT2D eigenvalue weighted by Gasteiger charge is -2.35. The van der Waals surface area contributed by atoms with Crippen molar-refractivity contribution in [2.24, 2.45) is 4.99 Å². The molecule has 7 nitrogen and oxygen atoms in total. The molecule has 0 aliphatic carbocycles. The average molecular weight is 356 g/mol. The summed E-state index contributed by atoms with van der Waals surface area (Å²) in [6.45, 7) is 16.9. The summed E-state index contributed by atoms with van der Waals surface area (Å²) in [7, 11) is 0.